The van der Waals surface area contributed by atoms with E-state index in [-0.39, 0.29) is 58.5 Å². The van der Waals surface area contributed by atoms with E-state index >= 15 is 0 Å². The maximum absolute atomic E-state index is 14.0. The van der Waals surface area contributed by atoms with Gasteiger partial charge in [-0.25, -0.2) is 4.68 Å². The largest absolute Gasteiger partial charge is 0.504 e. The smallest absolute Gasteiger partial charge is 0.324 e. The Hall–Kier alpha value is -6.23. The van der Waals surface area contributed by atoms with Crippen molar-refractivity contribution in [1.29, 1.82) is 0 Å². The maximum atomic E-state index is 14.0. The fourth-order valence-corrected chi connectivity index (χ4v) is 10.2. The van der Waals surface area contributed by atoms with Crippen molar-refractivity contribution >= 4 is 52.9 Å². The Balaban J connectivity index is 0.824. The fraction of sp³-hybridized carbons (Fsp3) is 0.407. The number of hydrogen-bond donors (Lipinski definition) is 4. The van der Waals surface area contributed by atoms with E-state index in [0.717, 1.165) is 111 Å². The quantitative estimate of drug-likeness (QED) is 0.0227. The van der Waals surface area contributed by atoms with Gasteiger partial charge in [0.25, 0.3) is 5.91 Å². The lowest BCUT2D eigenvalue weighted by molar-refractivity contribution is -0.125. The number of phenols is 2. The number of benzene rings is 4. The van der Waals surface area contributed by atoms with Crippen LogP contribution in [0.2, 0.25) is 0 Å². The molecule has 0 fully saturated rings. The molecule has 0 bridgehead atoms. The summed E-state index contributed by atoms with van der Waals surface area (Å²) >= 11 is 4.93. The van der Waals surface area contributed by atoms with Gasteiger partial charge >= 0.3 is 6.72 Å². The summed E-state index contributed by atoms with van der Waals surface area (Å²) in [6.45, 7) is 1.43. The van der Waals surface area contributed by atoms with Crippen molar-refractivity contribution in [2.24, 2.45) is 0 Å². The Morgan fingerprint density at radius 1 is 0.819 bits per heavy atom. The lowest BCUT2D eigenvalue weighted by atomic mass is 9.95. The number of fused-ring (bicyclic) bond motifs is 6. The zero-order valence-corrected chi connectivity index (χ0v) is 42.8. The van der Waals surface area contributed by atoms with Crippen LogP contribution in [0.3, 0.4) is 0 Å². The highest BCUT2D eigenvalue weighted by atomic mass is 32.5. The van der Waals surface area contributed by atoms with Crippen molar-refractivity contribution in [3.8, 4) is 45.3 Å². The van der Waals surface area contributed by atoms with Gasteiger partial charge in [-0.3, -0.25) is 19.2 Å². The van der Waals surface area contributed by atoms with Crippen LogP contribution in [0.1, 0.15) is 113 Å². The normalized spacial score (nSPS) is 12.8. The molecule has 4 aromatic carbocycles. The number of unbranched alkanes of at least 4 members (excludes halogenated alkanes) is 10. The second kappa shape index (κ2) is 25.9. The molecular weight excluding hydrogens is 956 g/mol. The number of aryl methyl sites for hydroxylation is 1. The minimum absolute atomic E-state index is 0.0596. The van der Waals surface area contributed by atoms with Gasteiger partial charge in [0.2, 0.25) is 17.6 Å². The molecule has 4 N–H and O–H groups in total. The number of amides is 3. The zero-order chi connectivity index (χ0) is 51.0. The summed E-state index contributed by atoms with van der Waals surface area (Å²) in [6.07, 6.45) is 11.7. The van der Waals surface area contributed by atoms with Gasteiger partial charge in [0.05, 0.1) is 36.5 Å². The first kappa shape index (κ1) is 53.6. The van der Waals surface area contributed by atoms with E-state index in [1.54, 1.807) is 48.0 Å². The van der Waals surface area contributed by atoms with E-state index in [0.29, 0.717) is 50.5 Å². The molecular formula is C54H65N6O10PS. The highest BCUT2D eigenvalue weighted by molar-refractivity contribution is 8.07. The van der Waals surface area contributed by atoms with Crippen molar-refractivity contribution in [2.45, 2.75) is 110 Å². The van der Waals surface area contributed by atoms with Crippen molar-refractivity contribution in [3.05, 3.63) is 112 Å². The van der Waals surface area contributed by atoms with Crippen LogP contribution < -0.4 is 15.6 Å². The standard InChI is InChI=1S/C54H65N6O10PS/c1-3-68-71(67,72)69-35-19-11-8-16-32-55-48(63)30-31-49(64)59-37-40-20-12-13-21-41(40)51-50(42-22-14-15-23-44(42)59)56-57-60(51)34-18-10-7-5-4-6-9-17-33-58(2)54(66)39-26-24-38(25-27-39)47-36-46(62)43-28-29-45(61)52(65)53(43)70-47/h12-15,20-29,36,61,65H,3-11,16-19,30-35,37H2,1-2H3,(H,55,63)(H,67,72). The molecule has 1 unspecified atom stereocenters. The molecule has 0 saturated carbocycles. The van der Waals surface area contributed by atoms with Crippen LogP contribution in [0.25, 0.3) is 44.8 Å². The lowest BCUT2D eigenvalue weighted by Gasteiger charge is -2.28. The number of anilines is 1. The second-order valence-corrected chi connectivity index (χ2v) is 20.9. The summed E-state index contributed by atoms with van der Waals surface area (Å²) < 4.78 is 18.1. The van der Waals surface area contributed by atoms with Gasteiger partial charge in [-0.2, -0.15) is 0 Å². The topological polar surface area (TPSA) is 210 Å². The van der Waals surface area contributed by atoms with Crippen LogP contribution in [0, 0.1) is 0 Å². The first-order valence-electron chi connectivity index (χ1n) is 25.0. The van der Waals surface area contributed by atoms with Crippen molar-refractivity contribution < 1.29 is 43.0 Å². The molecule has 0 saturated heterocycles. The number of phenolic OH excluding ortho intramolecular Hbond substituents is 2. The molecule has 1 aliphatic heterocycles. The summed E-state index contributed by atoms with van der Waals surface area (Å²) in [5.74, 6) is -1.08. The number of carbonyl (C=O) groups excluding carboxylic acids is 3. The van der Waals surface area contributed by atoms with Crippen LogP contribution >= 0.6 is 6.72 Å². The van der Waals surface area contributed by atoms with E-state index in [1.807, 2.05) is 47.1 Å². The summed E-state index contributed by atoms with van der Waals surface area (Å²) in [4.78, 5) is 66.0. The van der Waals surface area contributed by atoms with Gasteiger partial charge < -0.3 is 43.7 Å². The Kier molecular flexibility index (Phi) is 19.3. The zero-order valence-electron chi connectivity index (χ0n) is 41.1. The number of rotatable bonds is 26. The molecule has 382 valence electrons. The first-order valence-corrected chi connectivity index (χ1v) is 27.6. The predicted molar refractivity (Wildman–Crippen MR) is 282 cm³/mol. The van der Waals surface area contributed by atoms with Crippen molar-refractivity contribution in [3.63, 3.8) is 0 Å². The molecule has 72 heavy (non-hydrogen) atoms. The average molecular weight is 1020 g/mol. The summed E-state index contributed by atoms with van der Waals surface area (Å²) in [6, 6.07) is 26.6. The van der Waals surface area contributed by atoms with Crippen molar-refractivity contribution in [1.82, 2.24) is 25.2 Å². The van der Waals surface area contributed by atoms with Crippen LogP contribution in [0.4, 0.5) is 5.69 Å². The number of carbonyl (C=O) groups is 3. The van der Waals surface area contributed by atoms with E-state index < -0.39 is 12.5 Å². The van der Waals surface area contributed by atoms with Crippen LogP contribution in [0.5, 0.6) is 11.5 Å². The fourth-order valence-electron chi connectivity index (χ4n) is 8.93. The molecule has 2 aromatic heterocycles. The molecule has 7 rings (SSSR count). The lowest BCUT2D eigenvalue weighted by Crippen LogP contribution is -2.33. The summed E-state index contributed by atoms with van der Waals surface area (Å²) in [5, 5.41) is 32.6. The minimum atomic E-state index is -3.15. The molecule has 0 spiro atoms. The van der Waals surface area contributed by atoms with Crippen LogP contribution in [0.15, 0.2) is 100 Å². The molecule has 3 heterocycles. The van der Waals surface area contributed by atoms with Gasteiger partial charge in [0, 0.05) is 67.8 Å². The SMILES string of the molecule is CCOP(O)(=S)OCCCCCCNC(=O)CCC(=O)N1Cc2ccccc2-c2c(nnn2CCCCCCCCCCN(C)C(=O)c2ccc(-c3cc(=O)c4ccc(O)c(O)c4o3)cc2)-c2ccccc21. The Bertz CT molecular complexity index is 2920. The molecule has 3 amide bonds. The van der Waals surface area contributed by atoms with Crippen LogP contribution in [-0.2, 0) is 43.5 Å². The van der Waals surface area contributed by atoms with E-state index in [2.05, 4.69) is 16.6 Å². The van der Waals surface area contributed by atoms with Gasteiger partial charge in [0.1, 0.15) is 11.5 Å². The summed E-state index contributed by atoms with van der Waals surface area (Å²) in [7, 11) is 1.80. The van der Waals surface area contributed by atoms with Gasteiger partial charge in [-0.05, 0) is 80.3 Å². The molecule has 6 aromatic rings. The van der Waals surface area contributed by atoms with E-state index in [1.165, 1.54) is 18.2 Å². The molecule has 1 atom stereocenters. The molecule has 0 aliphatic carbocycles. The maximum Gasteiger partial charge on any atom is 0.324 e. The predicted octanol–water partition coefficient (Wildman–Crippen LogP) is 10.3. The average Bonchev–Trinajstić information content (AvgIpc) is 3.79. The third-order valence-electron chi connectivity index (χ3n) is 12.8. The number of aromatic nitrogens is 3. The monoisotopic (exact) mass is 1020 g/mol. The molecule has 1 aliphatic rings. The first-order chi connectivity index (χ1) is 34.8. The Morgan fingerprint density at radius 2 is 1.50 bits per heavy atom. The number of hydrogen-bond acceptors (Lipinski definition) is 12. The van der Waals surface area contributed by atoms with Gasteiger partial charge in [0.15, 0.2) is 16.8 Å². The molecule has 0 radical (unpaired) electrons. The summed E-state index contributed by atoms with van der Waals surface area (Å²) in [5.41, 5.74) is 5.79. The highest BCUT2D eigenvalue weighted by Crippen LogP contribution is 2.44. The highest BCUT2D eigenvalue weighted by Gasteiger charge is 2.29. The number of nitrogens with one attached hydrogen (secondary N) is 1. The Morgan fingerprint density at radius 3 is 2.26 bits per heavy atom. The van der Waals surface area contributed by atoms with Crippen LogP contribution in [-0.4, -0.2) is 86.1 Å². The van der Waals surface area contributed by atoms with Gasteiger partial charge in [-0.15, -0.1) is 5.10 Å². The number of para-hydroxylation sites is 1. The molecule has 18 heteroatoms. The second-order valence-electron chi connectivity index (χ2n) is 18.1. The number of aromatic hydroxyl groups is 2. The van der Waals surface area contributed by atoms with E-state index in [9.17, 15) is 34.3 Å². The third-order valence-corrected chi connectivity index (χ3v) is 14.5. The number of nitrogens with zero attached hydrogens (tertiary/aromatic N) is 5. The van der Waals surface area contributed by atoms with Gasteiger partial charge in [-0.1, -0.05) is 111 Å². The molecule has 16 nitrogen and oxygen atoms in total. The minimum Gasteiger partial charge on any atom is -0.504 e. The third kappa shape index (κ3) is 14.0. The van der Waals surface area contributed by atoms with E-state index in [4.69, 9.17) is 30.4 Å². The van der Waals surface area contributed by atoms with Crippen molar-refractivity contribution in [2.75, 3.05) is 38.3 Å². The Labute approximate surface area is 425 Å².